The van der Waals surface area contributed by atoms with E-state index in [9.17, 15) is 4.79 Å². The zero-order valence-corrected chi connectivity index (χ0v) is 21.7. The Morgan fingerprint density at radius 1 is 1.03 bits per heavy atom. The largest absolute Gasteiger partial charge is 0.356 e. The summed E-state index contributed by atoms with van der Waals surface area (Å²) in [7, 11) is 0. The van der Waals surface area contributed by atoms with Gasteiger partial charge in [0, 0.05) is 23.5 Å². The summed E-state index contributed by atoms with van der Waals surface area (Å²) in [5, 5.41) is 0. The van der Waals surface area contributed by atoms with Gasteiger partial charge >= 0.3 is 0 Å². The molecule has 33 heavy (non-hydrogen) atoms. The van der Waals surface area contributed by atoms with Gasteiger partial charge < -0.3 is 14.4 Å². The molecule has 0 spiro atoms. The number of piperidine rings is 1. The van der Waals surface area contributed by atoms with Gasteiger partial charge in [0.05, 0.1) is 17.2 Å². The number of carbonyl (C=O) groups excluding carboxylic acids is 1. The van der Waals surface area contributed by atoms with E-state index in [-0.39, 0.29) is 18.1 Å². The summed E-state index contributed by atoms with van der Waals surface area (Å²) in [5.74, 6) is 1.91. The second kappa shape index (κ2) is 8.03. The van der Waals surface area contributed by atoms with Crippen LogP contribution in [0.3, 0.4) is 0 Å². The Labute approximate surface area is 203 Å². The zero-order valence-electron chi connectivity index (χ0n) is 20.1. The number of carbonyl (C=O) groups is 1. The average Bonchev–Trinajstić information content (AvgIpc) is 2.96. The van der Waals surface area contributed by atoms with Crippen LogP contribution in [0.25, 0.3) is 0 Å². The van der Waals surface area contributed by atoms with Crippen LogP contribution in [-0.2, 0) is 14.3 Å². The lowest BCUT2D eigenvalue weighted by atomic mass is 9.88. The van der Waals surface area contributed by atoms with Crippen LogP contribution in [0.1, 0.15) is 62.0 Å². The third kappa shape index (κ3) is 3.67. The first-order chi connectivity index (χ1) is 15.6. The van der Waals surface area contributed by atoms with Crippen LogP contribution >= 0.6 is 15.9 Å². The van der Waals surface area contributed by atoms with E-state index in [2.05, 4.69) is 20.8 Å². The number of fused-ring (bicyclic) bond motifs is 1. The summed E-state index contributed by atoms with van der Waals surface area (Å²) in [6, 6.07) is 4.09. The smallest absolute Gasteiger partial charge is 0.240 e. The predicted molar refractivity (Wildman–Crippen MR) is 131 cm³/mol. The maximum absolute atomic E-state index is 13.6. The number of anilines is 3. The third-order valence-electron chi connectivity index (χ3n) is 7.27. The van der Waals surface area contributed by atoms with E-state index in [1.165, 1.54) is 0 Å². The topological polar surface area (TPSA) is 67.8 Å². The van der Waals surface area contributed by atoms with Gasteiger partial charge in [-0.3, -0.25) is 9.69 Å². The Hall–Kier alpha value is -2.03. The minimum absolute atomic E-state index is 0.0484. The number of rotatable bonds is 3. The van der Waals surface area contributed by atoms with Crippen molar-refractivity contribution in [3.05, 3.63) is 39.1 Å². The zero-order chi connectivity index (χ0) is 23.7. The Kier molecular flexibility index (Phi) is 5.53. The van der Waals surface area contributed by atoms with E-state index in [1.54, 1.807) is 4.90 Å². The predicted octanol–water partition coefficient (Wildman–Crippen LogP) is 5.27. The quantitative estimate of drug-likeness (QED) is 0.555. The Balaban J connectivity index is 1.50. The van der Waals surface area contributed by atoms with Crippen molar-refractivity contribution in [2.24, 2.45) is 5.92 Å². The molecular formula is C25H31BrN4O3. The molecule has 7 nitrogen and oxygen atoms in total. The SMILES string of the molecule is Cc1nc(N2CCC(C3(C)OC(C)O3)CC2)c2c(n1)N(c1c(C)cc(Br)cc1C)C(=O)C2C. The monoisotopic (exact) mass is 514 g/mol. The van der Waals surface area contributed by atoms with Gasteiger partial charge in [0.1, 0.15) is 17.5 Å². The summed E-state index contributed by atoms with van der Waals surface area (Å²) < 4.78 is 12.8. The standard InChI is InChI=1S/C25H31BrN4O3/c1-13-11-19(26)12-14(2)21(13)30-23-20(15(3)24(30)31)22(27-16(4)28-23)29-9-7-18(8-10-29)25(6)32-17(5)33-25/h11-12,15,17-18H,7-10H2,1-6H3. The fraction of sp³-hybridized carbons (Fsp3) is 0.560. The molecular weight excluding hydrogens is 484 g/mol. The number of hydrogen-bond acceptors (Lipinski definition) is 6. The number of ether oxygens (including phenoxy) is 2. The van der Waals surface area contributed by atoms with Crippen LogP contribution in [0, 0.1) is 26.7 Å². The fourth-order valence-electron chi connectivity index (χ4n) is 5.72. The van der Waals surface area contributed by atoms with Crippen molar-refractivity contribution in [3.8, 4) is 0 Å². The molecule has 5 rings (SSSR count). The Morgan fingerprint density at radius 2 is 1.61 bits per heavy atom. The number of benzene rings is 1. The van der Waals surface area contributed by atoms with E-state index >= 15 is 0 Å². The molecule has 0 radical (unpaired) electrons. The number of amides is 1. The molecule has 1 aromatic heterocycles. The van der Waals surface area contributed by atoms with Crippen molar-refractivity contribution in [1.82, 2.24) is 9.97 Å². The van der Waals surface area contributed by atoms with E-state index in [0.29, 0.717) is 11.7 Å². The minimum atomic E-state index is -0.480. The van der Waals surface area contributed by atoms with Crippen LogP contribution in [0.4, 0.5) is 17.3 Å². The molecule has 2 fully saturated rings. The van der Waals surface area contributed by atoms with Crippen molar-refractivity contribution < 1.29 is 14.3 Å². The highest BCUT2D eigenvalue weighted by atomic mass is 79.9. The molecule has 3 aliphatic heterocycles. The normalized spacial score (nSPS) is 27.7. The van der Waals surface area contributed by atoms with Gasteiger partial charge in [-0.25, -0.2) is 9.97 Å². The van der Waals surface area contributed by atoms with E-state index in [4.69, 9.17) is 19.4 Å². The highest BCUT2D eigenvalue weighted by Crippen LogP contribution is 2.48. The summed E-state index contributed by atoms with van der Waals surface area (Å²) in [6.45, 7) is 13.6. The molecule has 3 aliphatic rings. The summed E-state index contributed by atoms with van der Waals surface area (Å²) in [4.78, 5) is 27.3. The van der Waals surface area contributed by atoms with Gasteiger partial charge in [0.2, 0.25) is 5.91 Å². The summed E-state index contributed by atoms with van der Waals surface area (Å²) >= 11 is 3.57. The number of hydrogen-bond donors (Lipinski definition) is 0. The molecule has 0 aliphatic carbocycles. The highest BCUT2D eigenvalue weighted by molar-refractivity contribution is 9.10. The first kappa shape index (κ1) is 22.7. The summed E-state index contributed by atoms with van der Waals surface area (Å²) in [6.07, 6.45) is 1.79. The minimum Gasteiger partial charge on any atom is -0.356 e. The van der Waals surface area contributed by atoms with Gasteiger partial charge in [0.25, 0.3) is 0 Å². The molecule has 1 aromatic carbocycles. The number of nitrogens with zero attached hydrogens (tertiary/aromatic N) is 4. The first-order valence-corrected chi connectivity index (χ1v) is 12.5. The summed E-state index contributed by atoms with van der Waals surface area (Å²) in [5.41, 5.74) is 3.92. The van der Waals surface area contributed by atoms with E-state index in [0.717, 1.165) is 64.4 Å². The van der Waals surface area contributed by atoms with Crippen molar-refractivity contribution >= 4 is 39.2 Å². The van der Waals surface area contributed by atoms with E-state index < -0.39 is 5.79 Å². The first-order valence-electron chi connectivity index (χ1n) is 11.7. The maximum Gasteiger partial charge on any atom is 0.240 e. The average molecular weight is 515 g/mol. The molecule has 1 atom stereocenters. The Morgan fingerprint density at radius 3 is 2.18 bits per heavy atom. The lowest BCUT2D eigenvalue weighted by molar-refractivity contribution is -0.456. The number of aryl methyl sites for hydroxylation is 3. The van der Waals surface area contributed by atoms with Crippen molar-refractivity contribution in [1.29, 1.82) is 0 Å². The third-order valence-corrected chi connectivity index (χ3v) is 7.73. The van der Waals surface area contributed by atoms with Gasteiger partial charge in [-0.1, -0.05) is 15.9 Å². The Bertz CT molecular complexity index is 1100. The lowest BCUT2D eigenvalue weighted by Gasteiger charge is -2.50. The van der Waals surface area contributed by atoms with Gasteiger partial charge in [-0.2, -0.15) is 0 Å². The van der Waals surface area contributed by atoms with Crippen LogP contribution in [0.15, 0.2) is 16.6 Å². The molecule has 176 valence electrons. The second-order valence-electron chi connectivity index (χ2n) is 9.70. The van der Waals surface area contributed by atoms with Crippen LogP contribution in [0.5, 0.6) is 0 Å². The maximum atomic E-state index is 13.6. The van der Waals surface area contributed by atoms with Gasteiger partial charge in [0.15, 0.2) is 12.1 Å². The van der Waals surface area contributed by atoms with Crippen molar-refractivity contribution in [3.63, 3.8) is 0 Å². The van der Waals surface area contributed by atoms with E-state index in [1.807, 2.05) is 53.7 Å². The second-order valence-corrected chi connectivity index (χ2v) is 10.6. The molecule has 0 saturated carbocycles. The number of halogens is 1. The van der Waals surface area contributed by atoms with Gasteiger partial charge in [-0.05, 0) is 77.6 Å². The van der Waals surface area contributed by atoms with Crippen LogP contribution in [0.2, 0.25) is 0 Å². The molecule has 2 saturated heterocycles. The molecule has 4 heterocycles. The molecule has 2 aromatic rings. The molecule has 0 N–H and O–H groups in total. The number of aromatic nitrogens is 2. The fourth-order valence-corrected chi connectivity index (χ4v) is 6.41. The molecule has 0 bridgehead atoms. The lowest BCUT2D eigenvalue weighted by Crippen LogP contribution is -2.57. The molecule has 8 heteroatoms. The van der Waals surface area contributed by atoms with Crippen LogP contribution in [-0.4, -0.2) is 41.0 Å². The highest BCUT2D eigenvalue weighted by Gasteiger charge is 2.48. The molecule has 1 unspecified atom stereocenters. The van der Waals surface area contributed by atoms with Crippen LogP contribution < -0.4 is 9.80 Å². The van der Waals surface area contributed by atoms with Gasteiger partial charge in [-0.15, -0.1) is 0 Å². The van der Waals surface area contributed by atoms with Crippen molar-refractivity contribution in [2.75, 3.05) is 22.9 Å². The van der Waals surface area contributed by atoms with Crippen molar-refractivity contribution in [2.45, 2.75) is 72.4 Å². The molecule has 1 amide bonds.